The van der Waals surface area contributed by atoms with Crippen molar-refractivity contribution < 1.29 is 9.59 Å². The van der Waals surface area contributed by atoms with Crippen LogP contribution in [0.5, 0.6) is 0 Å². The first-order valence-electron chi connectivity index (χ1n) is 6.75. The standard InChI is InChI=1S/C13H25N3O2.ClH/c1-4-15-11(17)9(2)16-12(18)10-7-5-6-8-13(10,3)14;/h9-10H,4-8,14H2,1-3H3,(H,15,17)(H,16,18);1H. The maximum atomic E-state index is 12.2. The first kappa shape index (κ1) is 18.2. The number of nitrogens with one attached hydrogen (secondary N) is 2. The summed E-state index contributed by atoms with van der Waals surface area (Å²) in [4.78, 5) is 23.7. The molecule has 0 aromatic rings. The topological polar surface area (TPSA) is 84.2 Å². The molecule has 0 spiro atoms. The van der Waals surface area contributed by atoms with Gasteiger partial charge in [-0.25, -0.2) is 0 Å². The van der Waals surface area contributed by atoms with Crippen LogP contribution in [-0.4, -0.2) is 29.9 Å². The van der Waals surface area contributed by atoms with Crippen LogP contribution in [0.2, 0.25) is 0 Å². The van der Waals surface area contributed by atoms with Gasteiger partial charge in [0.1, 0.15) is 6.04 Å². The number of halogens is 1. The van der Waals surface area contributed by atoms with Gasteiger partial charge in [-0.05, 0) is 33.6 Å². The summed E-state index contributed by atoms with van der Waals surface area (Å²) in [7, 11) is 0. The Labute approximate surface area is 121 Å². The third-order valence-corrected chi connectivity index (χ3v) is 3.67. The van der Waals surface area contributed by atoms with Gasteiger partial charge < -0.3 is 16.4 Å². The van der Waals surface area contributed by atoms with Gasteiger partial charge in [0.25, 0.3) is 0 Å². The van der Waals surface area contributed by atoms with Crippen LogP contribution >= 0.6 is 12.4 Å². The molecule has 1 rings (SSSR count). The fourth-order valence-corrected chi connectivity index (χ4v) is 2.50. The van der Waals surface area contributed by atoms with Gasteiger partial charge in [-0.2, -0.15) is 0 Å². The summed E-state index contributed by atoms with van der Waals surface area (Å²) >= 11 is 0. The monoisotopic (exact) mass is 291 g/mol. The minimum Gasteiger partial charge on any atom is -0.355 e. The molecule has 0 heterocycles. The smallest absolute Gasteiger partial charge is 0.242 e. The number of hydrogen-bond acceptors (Lipinski definition) is 3. The van der Waals surface area contributed by atoms with E-state index in [0.717, 1.165) is 25.7 Å². The number of amides is 2. The molecule has 0 aromatic carbocycles. The Bertz CT molecular complexity index is 321. The van der Waals surface area contributed by atoms with Crippen LogP contribution in [0.1, 0.15) is 46.5 Å². The van der Waals surface area contributed by atoms with Gasteiger partial charge in [-0.3, -0.25) is 9.59 Å². The van der Waals surface area contributed by atoms with Crippen LogP contribution in [0.3, 0.4) is 0 Å². The number of carbonyl (C=O) groups is 2. The minimum atomic E-state index is -0.504. The number of hydrogen-bond donors (Lipinski definition) is 3. The molecule has 0 radical (unpaired) electrons. The summed E-state index contributed by atoms with van der Waals surface area (Å²) in [6.45, 7) is 6.04. The van der Waals surface area contributed by atoms with Crippen LogP contribution in [-0.2, 0) is 9.59 Å². The van der Waals surface area contributed by atoms with E-state index >= 15 is 0 Å². The molecule has 0 aromatic heterocycles. The number of carbonyl (C=O) groups excluding carboxylic acids is 2. The molecular weight excluding hydrogens is 266 g/mol. The Kier molecular flexibility index (Phi) is 7.37. The van der Waals surface area contributed by atoms with Gasteiger partial charge in [0, 0.05) is 12.1 Å². The van der Waals surface area contributed by atoms with Crippen molar-refractivity contribution >= 4 is 24.2 Å². The molecule has 2 amide bonds. The molecule has 0 saturated heterocycles. The normalized spacial score (nSPS) is 27.9. The molecule has 112 valence electrons. The van der Waals surface area contributed by atoms with E-state index in [4.69, 9.17) is 5.73 Å². The largest absolute Gasteiger partial charge is 0.355 e. The lowest BCUT2D eigenvalue weighted by molar-refractivity contribution is -0.132. The fourth-order valence-electron chi connectivity index (χ4n) is 2.50. The third-order valence-electron chi connectivity index (χ3n) is 3.67. The average Bonchev–Trinajstić information content (AvgIpc) is 2.28. The van der Waals surface area contributed by atoms with Gasteiger partial charge in [0.2, 0.25) is 11.8 Å². The summed E-state index contributed by atoms with van der Waals surface area (Å²) in [5, 5.41) is 5.45. The highest BCUT2D eigenvalue weighted by Gasteiger charge is 2.38. The predicted octanol–water partition coefficient (Wildman–Crippen LogP) is 0.957. The number of likely N-dealkylation sites (N-methyl/N-ethyl adjacent to an activating group) is 1. The van der Waals surface area contributed by atoms with E-state index in [0.29, 0.717) is 6.54 Å². The van der Waals surface area contributed by atoms with E-state index in [1.807, 2.05) is 13.8 Å². The first-order chi connectivity index (χ1) is 8.38. The summed E-state index contributed by atoms with van der Waals surface area (Å²) in [6.07, 6.45) is 3.77. The molecular formula is C13H26ClN3O2. The molecule has 19 heavy (non-hydrogen) atoms. The summed E-state index contributed by atoms with van der Waals surface area (Å²) in [6, 6.07) is -0.504. The van der Waals surface area contributed by atoms with Gasteiger partial charge in [0.15, 0.2) is 0 Å². The summed E-state index contributed by atoms with van der Waals surface area (Å²) in [5.74, 6) is -0.443. The van der Waals surface area contributed by atoms with Crippen LogP contribution in [0.4, 0.5) is 0 Å². The quantitative estimate of drug-likeness (QED) is 0.721. The zero-order valence-electron chi connectivity index (χ0n) is 12.0. The number of rotatable bonds is 4. The molecule has 6 heteroatoms. The third kappa shape index (κ3) is 4.99. The first-order valence-corrected chi connectivity index (χ1v) is 6.75. The maximum absolute atomic E-state index is 12.2. The van der Waals surface area contributed by atoms with Crippen molar-refractivity contribution in [2.24, 2.45) is 11.7 Å². The minimum absolute atomic E-state index is 0. The van der Waals surface area contributed by atoms with E-state index in [-0.39, 0.29) is 30.1 Å². The Morgan fingerprint density at radius 3 is 2.58 bits per heavy atom. The van der Waals surface area contributed by atoms with Crippen molar-refractivity contribution in [1.82, 2.24) is 10.6 Å². The Hall–Kier alpha value is -0.810. The Morgan fingerprint density at radius 1 is 1.42 bits per heavy atom. The van der Waals surface area contributed by atoms with Crippen LogP contribution in [0.25, 0.3) is 0 Å². The van der Waals surface area contributed by atoms with E-state index in [1.165, 1.54) is 0 Å². The molecule has 0 aliphatic heterocycles. The van der Waals surface area contributed by atoms with Crippen LogP contribution in [0, 0.1) is 5.92 Å². The Morgan fingerprint density at radius 2 is 2.05 bits per heavy atom. The molecule has 1 aliphatic rings. The maximum Gasteiger partial charge on any atom is 0.242 e. The Balaban J connectivity index is 0.00000324. The van der Waals surface area contributed by atoms with Crippen LogP contribution < -0.4 is 16.4 Å². The van der Waals surface area contributed by atoms with Gasteiger partial charge in [0.05, 0.1) is 5.92 Å². The second kappa shape index (κ2) is 7.70. The highest BCUT2D eigenvalue weighted by molar-refractivity contribution is 5.88. The lowest BCUT2D eigenvalue weighted by Gasteiger charge is -2.37. The zero-order valence-corrected chi connectivity index (χ0v) is 12.8. The molecule has 3 unspecified atom stereocenters. The molecule has 3 atom stereocenters. The molecule has 1 saturated carbocycles. The second-order valence-electron chi connectivity index (χ2n) is 5.43. The van der Waals surface area contributed by atoms with E-state index in [9.17, 15) is 9.59 Å². The lowest BCUT2D eigenvalue weighted by atomic mass is 9.74. The van der Waals surface area contributed by atoms with E-state index in [2.05, 4.69) is 10.6 Å². The highest BCUT2D eigenvalue weighted by atomic mass is 35.5. The van der Waals surface area contributed by atoms with Crippen molar-refractivity contribution in [1.29, 1.82) is 0 Å². The lowest BCUT2D eigenvalue weighted by Crippen LogP contribution is -2.55. The van der Waals surface area contributed by atoms with Crippen LogP contribution in [0.15, 0.2) is 0 Å². The zero-order chi connectivity index (χ0) is 13.8. The van der Waals surface area contributed by atoms with Gasteiger partial charge in [-0.1, -0.05) is 12.8 Å². The summed E-state index contributed by atoms with van der Waals surface area (Å²) < 4.78 is 0. The van der Waals surface area contributed by atoms with Crippen molar-refractivity contribution in [2.45, 2.75) is 58.0 Å². The average molecular weight is 292 g/mol. The van der Waals surface area contributed by atoms with Crippen molar-refractivity contribution in [3.8, 4) is 0 Å². The molecule has 5 nitrogen and oxygen atoms in total. The SMILES string of the molecule is CCNC(=O)C(C)NC(=O)C1CCCCC1(C)N.Cl. The van der Waals surface area contributed by atoms with Crippen molar-refractivity contribution in [3.05, 3.63) is 0 Å². The number of nitrogens with two attached hydrogens (primary N) is 1. The van der Waals surface area contributed by atoms with Gasteiger partial charge in [-0.15, -0.1) is 12.4 Å². The molecule has 1 aliphatic carbocycles. The van der Waals surface area contributed by atoms with Crippen molar-refractivity contribution in [3.63, 3.8) is 0 Å². The fraction of sp³-hybridized carbons (Fsp3) is 0.846. The van der Waals surface area contributed by atoms with E-state index < -0.39 is 11.6 Å². The second-order valence-corrected chi connectivity index (χ2v) is 5.43. The summed E-state index contributed by atoms with van der Waals surface area (Å²) in [5.41, 5.74) is 5.72. The van der Waals surface area contributed by atoms with Crippen molar-refractivity contribution in [2.75, 3.05) is 6.54 Å². The predicted molar refractivity (Wildman–Crippen MR) is 78.1 cm³/mol. The van der Waals surface area contributed by atoms with E-state index in [1.54, 1.807) is 6.92 Å². The molecule has 0 bridgehead atoms. The molecule has 1 fully saturated rings. The van der Waals surface area contributed by atoms with Gasteiger partial charge >= 0.3 is 0 Å². The highest BCUT2D eigenvalue weighted by Crippen LogP contribution is 2.31. The molecule has 4 N–H and O–H groups in total.